The van der Waals surface area contributed by atoms with Crippen LogP contribution in [0.3, 0.4) is 0 Å². The van der Waals surface area contributed by atoms with Gasteiger partial charge < -0.3 is 15.7 Å². The van der Waals surface area contributed by atoms with Crippen molar-refractivity contribution in [1.29, 1.82) is 0 Å². The smallest absolute Gasteiger partial charge is 0.252 e. The normalized spacial score (nSPS) is 21.2. The topological polar surface area (TPSA) is 105 Å². The van der Waals surface area contributed by atoms with Gasteiger partial charge in [0.25, 0.3) is 5.91 Å². The minimum Gasteiger partial charge on any atom is -0.389 e. The van der Waals surface area contributed by atoms with E-state index in [4.69, 9.17) is 0 Å². The molecule has 1 aliphatic heterocycles. The predicted molar refractivity (Wildman–Crippen MR) is 110 cm³/mol. The van der Waals surface area contributed by atoms with Crippen molar-refractivity contribution in [3.63, 3.8) is 0 Å². The summed E-state index contributed by atoms with van der Waals surface area (Å²) in [5.41, 5.74) is 1.63. The lowest BCUT2D eigenvalue weighted by atomic mass is 9.79. The second kappa shape index (κ2) is 9.13. The number of benzene rings is 2. The fraction of sp³-hybridized carbons (Fsp3) is 0.300. The van der Waals surface area contributed by atoms with E-state index in [2.05, 4.69) is 26.2 Å². The van der Waals surface area contributed by atoms with Crippen LogP contribution in [0, 0.1) is 0 Å². The Bertz CT molecular complexity index is 920. The van der Waals surface area contributed by atoms with E-state index in [1.165, 1.54) is 0 Å². The van der Waals surface area contributed by atoms with Crippen LogP contribution >= 0.6 is 12.4 Å². The molecule has 0 unspecified atom stereocenters. The van der Waals surface area contributed by atoms with Crippen molar-refractivity contribution < 1.29 is 9.90 Å². The van der Waals surface area contributed by atoms with Crippen molar-refractivity contribution in [2.45, 2.75) is 24.6 Å². The Labute approximate surface area is 174 Å². The van der Waals surface area contributed by atoms with Crippen LogP contribution in [0.15, 0.2) is 60.9 Å². The largest absolute Gasteiger partial charge is 0.389 e. The second-order valence-electron chi connectivity index (χ2n) is 6.97. The SMILES string of the molecule is Cl.O=C(N[C@@]1(c2ccccc2)CCNC[C@H]1O)c1ccc(Cn2cnnn2)cc1. The Kier molecular flexibility index (Phi) is 6.58. The number of rotatable bonds is 5. The standard InChI is InChI=1S/C20H22N6O2.ClH/c27-18-12-21-11-10-20(18,17-4-2-1-3-5-17)23-19(28)16-8-6-15(7-9-16)13-26-14-22-24-25-26;/h1-9,14,18,21,27H,10-13H2,(H,23,28);1H/t18-,20-;/m1./s1. The molecular formula is C20H23ClN6O2. The number of aliphatic hydroxyl groups is 1. The lowest BCUT2D eigenvalue weighted by molar-refractivity contribution is 0.0289. The molecule has 3 aromatic rings. The van der Waals surface area contributed by atoms with E-state index in [1.54, 1.807) is 23.1 Å². The first-order chi connectivity index (χ1) is 13.7. The maximum atomic E-state index is 13.0. The van der Waals surface area contributed by atoms with Crippen molar-refractivity contribution in [2.24, 2.45) is 0 Å². The molecule has 0 radical (unpaired) electrons. The highest BCUT2D eigenvalue weighted by Crippen LogP contribution is 2.31. The van der Waals surface area contributed by atoms with Gasteiger partial charge in [-0.25, -0.2) is 4.68 Å². The summed E-state index contributed by atoms with van der Waals surface area (Å²) in [4.78, 5) is 13.0. The van der Waals surface area contributed by atoms with Crippen LogP contribution in [0.1, 0.15) is 27.9 Å². The number of piperidine rings is 1. The number of halogens is 1. The Morgan fingerprint density at radius 1 is 1.21 bits per heavy atom. The summed E-state index contributed by atoms with van der Waals surface area (Å²) in [5, 5.41) is 28.1. The fourth-order valence-corrected chi connectivity index (χ4v) is 3.63. The number of aliphatic hydroxyl groups excluding tert-OH is 1. The van der Waals surface area contributed by atoms with E-state index in [9.17, 15) is 9.90 Å². The summed E-state index contributed by atoms with van der Waals surface area (Å²) in [7, 11) is 0. The zero-order chi connectivity index (χ0) is 19.4. The summed E-state index contributed by atoms with van der Waals surface area (Å²) in [6, 6.07) is 17.0. The van der Waals surface area contributed by atoms with Crippen LogP contribution in [-0.4, -0.2) is 50.4 Å². The van der Waals surface area contributed by atoms with Crippen LogP contribution in [-0.2, 0) is 12.1 Å². The van der Waals surface area contributed by atoms with E-state index in [-0.39, 0.29) is 18.3 Å². The number of amides is 1. The van der Waals surface area contributed by atoms with Gasteiger partial charge in [-0.2, -0.15) is 0 Å². The van der Waals surface area contributed by atoms with Gasteiger partial charge in [0.2, 0.25) is 0 Å². The first-order valence-corrected chi connectivity index (χ1v) is 9.24. The van der Waals surface area contributed by atoms with Gasteiger partial charge >= 0.3 is 0 Å². The van der Waals surface area contributed by atoms with Gasteiger partial charge in [-0.05, 0) is 46.7 Å². The molecule has 0 aliphatic carbocycles. The third kappa shape index (κ3) is 4.45. The Balaban J connectivity index is 0.00000240. The predicted octanol–water partition coefficient (Wildman–Crippen LogP) is 1.12. The molecule has 29 heavy (non-hydrogen) atoms. The molecule has 0 saturated carbocycles. The number of hydrogen-bond acceptors (Lipinski definition) is 6. The van der Waals surface area contributed by atoms with Crippen LogP contribution < -0.4 is 10.6 Å². The monoisotopic (exact) mass is 414 g/mol. The summed E-state index contributed by atoms with van der Waals surface area (Å²) < 4.78 is 1.62. The molecule has 3 N–H and O–H groups in total. The molecule has 0 bridgehead atoms. The molecular weight excluding hydrogens is 392 g/mol. The number of carbonyl (C=O) groups excluding carboxylic acids is 1. The highest BCUT2D eigenvalue weighted by Gasteiger charge is 2.42. The molecule has 1 aliphatic rings. The third-order valence-electron chi connectivity index (χ3n) is 5.18. The lowest BCUT2D eigenvalue weighted by Crippen LogP contribution is -2.61. The highest BCUT2D eigenvalue weighted by atomic mass is 35.5. The quantitative estimate of drug-likeness (QED) is 0.578. The molecule has 1 amide bonds. The maximum absolute atomic E-state index is 13.0. The Morgan fingerprint density at radius 3 is 2.62 bits per heavy atom. The maximum Gasteiger partial charge on any atom is 0.252 e. The molecule has 2 atom stereocenters. The molecule has 8 nitrogen and oxygen atoms in total. The van der Waals surface area contributed by atoms with Gasteiger partial charge in [0.05, 0.1) is 18.2 Å². The van der Waals surface area contributed by atoms with Gasteiger partial charge in [0.1, 0.15) is 6.33 Å². The molecule has 1 saturated heterocycles. The number of tetrazole rings is 1. The summed E-state index contributed by atoms with van der Waals surface area (Å²) in [6.07, 6.45) is 1.44. The molecule has 2 aromatic carbocycles. The number of nitrogens with one attached hydrogen (secondary N) is 2. The van der Waals surface area contributed by atoms with Crippen molar-refractivity contribution in [1.82, 2.24) is 30.8 Å². The van der Waals surface area contributed by atoms with Gasteiger partial charge in [-0.15, -0.1) is 17.5 Å². The van der Waals surface area contributed by atoms with Gasteiger partial charge in [-0.3, -0.25) is 4.79 Å². The molecule has 1 aromatic heterocycles. The van der Waals surface area contributed by atoms with Crippen LogP contribution in [0.2, 0.25) is 0 Å². The average molecular weight is 415 g/mol. The third-order valence-corrected chi connectivity index (χ3v) is 5.18. The molecule has 2 heterocycles. The van der Waals surface area contributed by atoms with E-state index in [0.717, 1.165) is 17.7 Å². The van der Waals surface area contributed by atoms with Gasteiger partial charge in [0, 0.05) is 12.1 Å². The number of hydrogen-bond donors (Lipinski definition) is 3. The van der Waals surface area contributed by atoms with Gasteiger partial charge in [-0.1, -0.05) is 42.5 Å². The number of β-amino-alcohol motifs (C(OH)–C–C–N with tert-alkyl or cyclic N) is 1. The number of carbonyl (C=O) groups is 1. The summed E-state index contributed by atoms with van der Waals surface area (Å²) >= 11 is 0. The Hall–Kier alpha value is -2.81. The van der Waals surface area contributed by atoms with Gasteiger partial charge in [0.15, 0.2) is 0 Å². The van der Waals surface area contributed by atoms with Crippen LogP contribution in [0.4, 0.5) is 0 Å². The minimum absolute atomic E-state index is 0. The first-order valence-electron chi connectivity index (χ1n) is 9.24. The van der Waals surface area contributed by atoms with Crippen LogP contribution in [0.5, 0.6) is 0 Å². The fourth-order valence-electron chi connectivity index (χ4n) is 3.63. The molecule has 0 spiro atoms. The van der Waals surface area contributed by atoms with E-state index in [0.29, 0.717) is 25.1 Å². The van der Waals surface area contributed by atoms with Crippen molar-refractivity contribution in [2.75, 3.05) is 13.1 Å². The second-order valence-corrected chi connectivity index (χ2v) is 6.97. The lowest BCUT2D eigenvalue weighted by Gasteiger charge is -2.43. The molecule has 4 rings (SSSR count). The minimum atomic E-state index is -0.811. The summed E-state index contributed by atoms with van der Waals surface area (Å²) in [6.45, 7) is 1.68. The van der Waals surface area contributed by atoms with Crippen molar-refractivity contribution in [3.05, 3.63) is 77.6 Å². The highest BCUT2D eigenvalue weighted by molar-refractivity contribution is 5.94. The van der Waals surface area contributed by atoms with Crippen molar-refractivity contribution >= 4 is 18.3 Å². The Morgan fingerprint density at radius 2 is 1.97 bits per heavy atom. The molecule has 152 valence electrons. The van der Waals surface area contributed by atoms with Crippen molar-refractivity contribution in [3.8, 4) is 0 Å². The van der Waals surface area contributed by atoms with Crippen LogP contribution in [0.25, 0.3) is 0 Å². The van der Waals surface area contributed by atoms with E-state index >= 15 is 0 Å². The zero-order valence-electron chi connectivity index (χ0n) is 15.7. The first kappa shape index (κ1) is 20.9. The molecule has 9 heteroatoms. The summed E-state index contributed by atoms with van der Waals surface area (Å²) in [5.74, 6) is -0.209. The zero-order valence-corrected chi connectivity index (χ0v) is 16.5. The van der Waals surface area contributed by atoms with E-state index in [1.807, 2.05) is 42.5 Å². The average Bonchev–Trinajstić information content (AvgIpc) is 3.24. The number of aromatic nitrogens is 4. The van der Waals surface area contributed by atoms with E-state index < -0.39 is 11.6 Å². The molecule has 1 fully saturated rings. The number of nitrogens with zero attached hydrogens (tertiary/aromatic N) is 4.